The van der Waals surface area contributed by atoms with Crippen LogP contribution in [0.4, 0.5) is 8.78 Å². The molecule has 0 aliphatic carbocycles. The lowest BCUT2D eigenvalue weighted by Crippen LogP contribution is -2.05. The maximum absolute atomic E-state index is 12.4. The number of halogens is 2. The molecule has 0 saturated heterocycles. The predicted molar refractivity (Wildman–Crippen MR) is 45.3 cm³/mol. The van der Waals surface area contributed by atoms with E-state index in [-0.39, 0.29) is 11.1 Å². The highest BCUT2D eigenvalue weighted by molar-refractivity contribution is 5.70. The lowest BCUT2D eigenvalue weighted by Gasteiger charge is -2.06. The van der Waals surface area contributed by atoms with Crippen LogP contribution in [-0.4, -0.2) is 16.1 Å². The van der Waals surface area contributed by atoms with Crippen molar-refractivity contribution in [3.05, 3.63) is 29.1 Å². The minimum absolute atomic E-state index is 0.125. The monoisotopic (exact) mass is 201 g/mol. The largest absolute Gasteiger partial charge is 0.481 e. The van der Waals surface area contributed by atoms with Crippen LogP contribution in [0.1, 0.15) is 23.2 Å². The van der Waals surface area contributed by atoms with Crippen molar-refractivity contribution in [1.29, 1.82) is 0 Å². The van der Waals surface area contributed by atoms with Gasteiger partial charge in [-0.05, 0) is 18.6 Å². The third kappa shape index (κ3) is 2.48. The van der Waals surface area contributed by atoms with E-state index in [9.17, 15) is 13.6 Å². The van der Waals surface area contributed by atoms with Crippen molar-refractivity contribution >= 4 is 5.97 Å². The van der Waals surface area contributed by atoms with Crippen molar-refractivity contribution < 1.29 is 18.7 Å². The van der Waals surface area contributed by atoms with Gasteiger partial charge < -0.3 is 5.11 Å². The zero-order valence-corrected chi connectivity index (χ0v) is 7.50. The van der Waals surface area contributed by atoms with E-state index in [1.807, 2.05) is 0 Å². The number of hydrogen-bond donors (Lipinski definition) is 1. The fraction of sp³-hybridized carbons (Fsp3) is 0.333. The highest BCUT2D eigenvalue weighted by atomic mass is 19.3. The number of carbonyl (C=O) groups is 1. The quantitative estimate of drug-likeness (QED) is 0.813. The van der Waals surface area contributed by atoms with E-state index >= 15 is 0 Å². The van der Waals surface area contributed by atoms with Gasteiger partial charge in [-0.2, -0.15) is 0 Å². The standard InChI is InChI=1S/C9H9F2NO2/c1-5-2-6(3-8(13)14)7(4-12-5)9(10)11/h2,4,9H,3H2,1H3,(H,13,14). The van der Waals surface area contributed by atoms with Gasteiger partial charge in [0.05, 0.1) is 6.42 Å². The molecular formula is C9H9F2NO2. The number of alkyl halides is 2. The summed E-state index contributed by atoms with van der Waals surface area (Å²) in [6.07, 6.45) is -2.06. The fourth-order valence-electron chi connectivity index (χ4n) is 1.14. The van der Waals surface area contributed by atoms with Gasteiger partial charge in [0.1, 0.15) is 0 Å². The summed E-state index contributed by atoms with van der Waals surface area (Å²) in [6.45, 7) is 1.63. The molecule has 76 valence electrons. The van der Waals surface area contributed by atoms with Gasteiger partial charge in [0.25, 0.3) is 6.43 Å². The second-order valence-electron chi connectivity index (χ2n) is 2.90. The molecule has 5 heteroatoms. The number of pyridine rings is 1. The van der Waals surface area contributed by atoms with Gasteiger partial charge in [-0.25, -0.2) is 8.78 Å². The lowest BCUT2D eigenvalue weighted by atomic mass is 10.1. The minimum Gasteiger partial charge on any atom is -0.481 e. The van der Waals surface area contributed by atoms with Crippen LogP contribution < -0.4 is 0 Å². The van der Waals surface area contributed by atoms with E-state index in [0.29, 0.717) is 5.69 Å². The molecule has 0 bridgehead atoms. The summed E-state index contributed by atoms with van der Waals surface area (Å²) in [7, 11) is 0. The van der Waals surface area contributed by atoms with Crippen molar-refractivity contribution in [2.45, 2.75) is 19.8 Å². The molecule has 1 heterocycles. The SMILES string of the molecule is Cc1cc(CC(=O)O)c(C(F)F)cn1. The highest BCUT2D eigenvalue weighted by Crippen LogP contribution is 2.22. The van der Waals surface area contributed by atoms with Crippen LogP contribution in [0.3, 0.4) is 0 Å². The summed E-state index contributed by atoms with van der Waals surface area (Å²) in [6, 6.07) is 1.37. The molecular weight excluding hydrogens is 192 g/mol. The van der Waals surface area contributed by atoms with Gasteiger partial charge in [-0.3, -0.25) is 9.78 Å². The third-order valence-corrected chi connectivity index (χ3v) is 1.74. The molecule has 0 amide bonds. The molecule has 0 atom stereocenters. The van der Waals surface area contributed by atoms with Gasteiger partial charge in [0.15, 0.2) is 0 Å². The number of carboxylic acids is 1. The summed E-state index contributed by atoms with van der Waals surface area (Å²) in [5.41, 5.74) is 0.351. The van der Waals surface area contributed by atoms with E-state index in [2.05, 4.69) is 4.98 Å². The molecule has 0 aliphatic heterocycles. The Morgan fingerprint density at radius 1 is 1.64 bits per heavy atom. The van der Waals surface area contributed by atoms with Gasteiger partial charge in [0, 0.05) is 17.5 Å². The van der Waals surface area contributed by atoms with Crippen molar-refractivity contribution in [3.63, 3.8) is 0 Å². The Bertz CT molecular complexity index is 353. The van der Waals surface area contributed by atoms with Gasteiger partial charge in [-0.1, -0.05) is 0 Å². The molecule has 0 unspecified atom stereocenters. The molecule has 0 fully saturated rings. The minimum atomic E-state index is -2.68. The Balaban J connectivity index is 3.09. The van der Waals surface area contributed by atoms with Crippen molar-refractivity contribution in [2.75, 3.05) is 0 Å². The molecule has 0 aromatic carbocycles. The summed E-state index contributed by atoms with van der Waals surface area (Å²) in [5.74, 6) is -1.13. The summed E-state index contributed by atoms with van der Waals surface area (Å²) >= 11 is 0. The fourth-order valence-corrected chi connectivity index (χ4v) is 1.14. The second-order valence-corrected chi connectivity index (χ2v) is 2.90. The van der Waals surface area contributed by atoms with E-state index in [1.165, 1.54) is 6.07 Å². The normalized spacial score (nSPS) is 10.6. The molecule has 1 N–H and O–H groups in total. The molecule has 14 heavy (non-hydrogen) atoms. The average Bonchev–Trinajstić information content (AvgIpc) is 2.01. The molecule has 1 aromatic heterocycles. The molecule has 0 radical (unpaired) electrons. The Morgan fingerprint density at radius 2 is 2.29 bits per heavy atom. The Hall–Kier alpha value is -1.52. The second kappa shape index (κ2) is 4.13. The Labute approximate surface area is 79.4 Å². The first kappa shape index (κ1) is 10.6. The highest BCUT2D eigenvalue weighted by Gasteiger charge is 2.15. The van der Waals surface area contributed by atoms with Crippen LogP contribution in [0.5, 0.6) is 0 Å². The zero-order valence-electron chi connectivity index (χ0n) is 7.50. The topological polar surface area (TPSA) is 50.2 Å². The molecule has 1 aromatic rings. The molecule has 0 saturated carbocycles. The smallest absolute Gasteiger partial charge is 0.307 e. The first-order valence-corrected chi connectivity index (χ1v) is 3.96. The van der Waals surface area contributed by atoms with Crippen molar-refractivity contribution in [3.8, 4) is 0 Å². The number of carboxylic acid groups (broad SMARTS) is 1. The maximum Gasteiger partial charge on any atom is 0.307 e. The van der Waals surface area contributed by atoms with E-state index in [4.69, 9.17) is 5.11 Å². The maximum atomic E-state index is 12.4. The Kier molecular flexibility index (Phi) is 3.11. The first-order valence-electron chi connectivity index (χ1n) is 3.96. The van der Waals surface area contributed by atoms with Gasteiger partial charge >= 0.3 is 5.97 Å². The van der Waals surface area contributed by atoms with Crippen LogP contribution in [-0.2, 0) is 11.2 Å². The number of rotatable bonds is 3. The first-order chi connectivity index (χ1) is 6.50. The summed E-state index contributed by atoms with van der Waals surface area (Å²) in [4.78, 5) is 14.1. The number of nitrogens with zero attached hydrogens (tertiary/aromatic N) is 1. The van der Waals surface area contributed by atoms with Crippen LogP contribution in [0.2, 0.25) is 0 Å². The molecule has 1 rings (SSSR count). The lowest BCUT2D eigenvalue weighted by molar-refractivity contribution is -0.136. The van der Waals surface area contributed by atoms with Crippen LogP contribution in [0.15, 0.2) is 12.3 Å². The number of hydrogen-bond acceptors (Lipinski definition) is 2. The Morgan fingerprint density at radius 3 is 2.79 bits per heavy atom. The van der Waals surface area contributed by atoms with Crippen molar-refractivity contribution in [2.24, 2.45) is 0 Å². The number of aryl methyl sites for hydroxylation is 1. The number of aliphatic carboxylic acids is 1. The van der Waals surface area contributed by atoms with Gasteiger partial charge in [0.2, 0.25) is 0 Å². The average molecular weight is 201 g/mol. The number of aromatic nitrogens is 1. The summed E-state index contributed by atoms with van der Waals surface area (Å²) < 4.78 is 24.8. The van der Waals surface area contributed by atoms with Crippen molar-refractivity contribution in [1.82, 2.24) is 4.98 Å². The van der Waals surface area contributed by atoms with E-state index < -0.39 is 18.8 Å². The third-order valence-electron chi connectivity index (χ3n) is 1.74. The molecule has 0 aliphatic rings. The molecule has 0 spiro atoms. The van der Waals surface area contributed by atoms with E-state index in [0.717, 1.165) is 6.20 Å². The van der Waals surface area contributed by atoms with Gasteiger partial charge in [-0.15, -0.1) is 0 Å². The van der Waals surface area contributed by atoms with Crippen LogP contribution in [0, 0.1) is 6.92 Å². The predicted octanol–water partition coefficient (Wildman–Crippen LogP) is 1.95. The van der Waals surface area contributed by atoms with E-state index in [1.54, 1.807) is 6.92 Å². The zero-order chi connectivity index (χ0) is 10.7. The van der Waals surface area contributed by atoms with Crippen LogP contribution in [0.25, 0.3) is 0 Å². The van der Waals surface area contributed by atoms with Crippen LogP contribution >= 0.6 is 0 Å². The molecule has 3 nitrogen and oxygen atoms in total. The summed E-state index contributed by atoms with van der Waals surface area (Å²) in [5, 5.41) is 8.50.